The maximum atomic E-state index is 12.1. The average Bonchev–Trinajstić information content (AvgIpc) is 3.00. The highest BCUT2D eigenvalue weighted by Crippen LogP contribution is 2.27. The molecule has 27 heavy (non-hydrogen) atoms. The number of carbonyl (C=O) groups excluding carboxylic acids is 1. The van der Waals surface area contributed by atoms with Gasteiger partial charge < -0.3 is 4.57 Å². The highest BCUT2D eigenvalue weighted by Gasteiger charge is 2.23. The molecule has 0 radical (unpaired) electrons. The minimum Gasteiger partial charge on any atom is -0.315 e. The van der Waals surface area contributed by atoms with Crippen molar-refractivity contribution in [1.82, 2.24) is 14.5 Å². The molecule has 7 nitrogen and oxygen atoms in total. The van der Waals surface area contributed by atoms with Crippen LogP contribution in [-0.2, 0) is 6.54 Å². The third-order valence-electron chi connectivity index (χ3n) is 4.08. The molecule has 0 aliphatic heterocycles. The molecule has 1 aromatic carbocycles. The molecule has 2 aromatic heterocycles. The number of nitroso groups, excluding NO2 is 1. The van der Waals surface area contributed by atoms with Crippen LogP contribution in [0.25, 0.3) is 11.4 Å². The van der Waals surface area contributed by atoms with Crippen molar-refractivity contribution in [1.29, 1.82) is 5.26 Å². The van der Waals surface area contributed by atoms with Crippen molar-refractivity contribution in [3.05, 3.63) is 74.7 Å². The van der Waals surface area contributed by atoms with Crippen molar-refractivity contribution in [2.75, 3.05) is 0 Å². The Morgan fingerprint density at radius 1 is 1.30 bits per heavy atom. The van der Waals surface area contributed by atoms with E-state index in [9.17, 15) is 9.70 Å². The molecule has 0 fully saturated rings. The van der Waals surface area contributed by atoms with Crippen LogP contribution in [-0.4, -0.2) is 20.4 Å². The summed E-state index contributed by atoms with van der Waals surface area (Å²) < 4.78 is 1.58. The first-order valence-electron chi connectivity index (χ1n) is 8.00. The number of pyridine rings is 1. The van der Waals surface area contributed by atoms with Gasteiger partial charge in [-0.3, -0.25) is 9.78 Å². The van der Waals surface area contributed by atoms with Gasteiger partial charge in [0.1, 0.15) is 17.6 Å². The molecule has 8 heteroatoms. The largest absolute Gasteiger partial charge is 0.334 e. The fourth-order valence-corrected chi connectivity index (χ4v) is 3.06. The van der Waals surface area contributed by atoms with E-state index in [4.69, 9.17) is 16.9 Å². The van der Waals surface area contributed by atoms with Gasteiger partial charge in [-0.2, -0.15) is 5.26 Å². The normalized spacial score (nSPS) is 10.4. The van der Waals surface area contributed by atoms with Gasteiger partial charge in [0.2, 0.25) is 0 Å². The topological polar surface area (TPSA) is 101 Å². The Kier molecular flexibility index (Phi) is 5.10. The number of nitrogens with zero attached hydrogens (tertiary/aromatic N) is 5. The second kappa shape index (κ2) is 7.48. The first kappa shape index (κ1) is 18.4. The number of benzene rings is 1. The summed E-state index contributed by atoms with van der Waals surface area (Å²) in [4.78, 5) is 31.5. The molecule has 3 rings (SSSR count). The Hall–Kier alpha value is -3.37. The van der Waals surface area contributed by atoms with Crippen LogP contribution in [0.15, 0.2) is 41.8 Å². The monoisotopic (exact) mass is 379 g/mol. The number of aryl methyl sites for hydroxylation is 2. The Balaban J connectivity index is 2.22. The lowest BCUT2D eigenvalue weighted by molar-refractivity contribution is 0.0992. The Morgan fingerprint density at radius 3 is 2.78 bits per heavy atom. The molecule has 1 amide bonds. The van der Waals surface area contributed by atoms with Crippen LogP contribution in [0.1, 0.15) is 32.9 Å². The molecular weight excluding hydrogens is 366 g/mol. The second-order valence-corrected chi connectivity index (χ2v) is 6.43. The molecule has 0 saturated heterocycles. The predicted octanol–water partition coefficient (Wildman–Crippen LogP) is 4.04. The van der Waals surface area contributed by atoms with Gasteiger partial charge in [-0.25, -0.2) is 4.98 Å². The van der Waals surface area contributed by atoms with Gasteiger partial charge in [0.15, 0.2) is 0 Å². The molecular formula is C19H14ClN5O2. The minimum atomic E-state index is -0.917. The Morgan fingerprint density at radius 2 is 2.07 bits per heavy atom. The lowest BCUT2D eigenvalue weighted by atomic mass is 10.1. The van der Waals surface area contributed by atoms with Crippen molar-refractivity contribution in [2.45, 2.75) is 20.4 Å². The third-order valence-corrected chi connectivity index (χ3v) is 4.45. The summed E-state index contributed by atoms with van der Waals surface area (Å²) in [6.45, 7) is 3.77. The van der Waals surface area contributed by atoms with Gasteiger partial charge in [0.25, 0.3) is 0 Å². The van der Waals surface area contributed by atoms with Crippen LogP contribution in [0.2, 0.25) is 5.02 Å². The van der Waals surface area contributed by atoms with E-state index < -0.39 is 5.91 Å². The fraction of sp³-hybridized carbons (Fsp3) is 0.158. The molecule has 0 atom stereocenters. The molecule has 2 heterocycles. The summed E-state index contributed by atoms with van der Waals surface area (Å²) in [5, 5.41) is 12.2. The van der Waals surface area contributed by atoms with E-state index in [2.05, 4.69) is 15.1 Å². The molecule has 0 N–H and O–H groups in total. The molecule has 0 aliphatic rings. The predicted molar refractivity (Wildman–Crippen MR) is 100 cm³/mol. The van der Waals surface area contributed by atoms with Gasteiger partial charge in [0, 0.05) is 28.2 Å². The number of hydrogen-bond acceptors (Lipinski definition) is 5. The zero-order valence-corrected chi connectivity index (χ0v) is 15.4. The van der Waals surface area contributed by atoms with E-state index in [-0.39, 0.29) is 12.2 Å². The molecule has 0 bridgehead atoms. The van der Waals surface area contributed by atoms with E-state index in [0.717, 1.165) is 11.1 Å². The maximum Gasteiger partial charge on any atom is 0.334 e. The fourth-order valence-electron chi connectivity index (χ4n) is 2.88. The number of amides is 1. The summed E-state index contributed by atoms with van der Waals surface area (Å²) >= 11 is 6.31. The molecule has 3 aromatic rings. The standard InChI is InChI=1S/C19H14ClN5O2/c1-11-3-4-16(20)15(5-11)10-25-17(19(26)24-27)12(2)23-18(25)14-6-13(7-21)8-22-9-14/h3-6,8-9H,10H2,1-2H3. The molecule has 134 valence electrons. The van der Waals surface area contributed by atoms with Crippen molar-refractivity contribution in [3.63, 3.8) is 0 Å². The summed E-state index contributed by atoms with van der Waals surface area (Å²) in [6, 6.07) is 9.19. The zero-order chi connectivity index (χ0) is 19.6. The average molecular weight is 380 g/mol. The molecule has 0 unspecified atom stereocenters. The first-order chi connectivity index (χ1) is 12.9. The van der Waals surface area contributed by atoms with E-state index in [0.29, 0.717) is 27.7 Å². The quantitative estimate of drug-likeness (QED) is 0.636. The van der Waals surface area contributed by atoms with E-state index in [1.54, 1.807) is 29.8 Å². The number of halogens is 1. The van der Waals surface area contributed by atoms with E-state index in [1.807, 2.05) is 25.1 Å². The zero-order valence-electron chi connectivity index (χ0n) is 14.6. The van der Waals surface area contributed by atoms with Crippen LogP contribution in [0.5, 0.6) is 0 Å². The Bertz CT molecular complexity index is 1100. The SMILES string of the molecule is Cc1ccc(Cl)c(Cn2c(-c3cncc(C#N)c3)nc(C)c2C(=O)N=O)c1. The lowest BCUT2D eigenvalue weighted by Gasteiger charge is -2.12. The second-order valence-electron chi connectivity index (χ2n) is 6.02. The van der Waals surface area contributed by atoms with Gasteiger partial charge in [-0.05, 0) is 31.5 Å². The van der Waals surface area contributed by atoms with Gasteiger partial charge >= 0.3 is 5.91 Å². The van der Waals surface area contributed by atoms with Crippen LogP contribution in [0.4, 0.5) is 0 Å². The van der Waals surface area contributed by atoms with E-state index in [1.165, 1.54) is 6.20 Å². The van der Waals surface area contributed by atoms with Crippen molar-refractivity contribution in [2.24, 2.45) is 5.18 Å². The Labute approximate surface area is 160 Å². The van der Waals surface area contributed by atoms with Gasteiger partial charge in [0.05, 0.1) is 17.8 Å². The van der Waals surface area contributed by atoms with Crippen molar-refractivity contribution in [3.8, 4) is 17.5 Å². The number of rotatable bonds is 4. The molecule has 0 saturated carbocycles. The number of nitriles is 1. The first-order valence-corrected chi connectivity index (χ1v) is 8.37. The maximum absolute atomic E-state index is 12.1. The number of aromatic nitrogens is 3. The third kappa shape index (κ3) is 3.61. The number of hydrogen-bond donors (Lipinski definition) is 0. The van der Waals surface area contributed by atoms with Crippen LogP contribution in [0, 0.1) is 30.1 Å². The summed E-state index contributed by atoms with van der Waals surface area (Å²) in [5.41, 5.74) is 3.11. The van der Waals surface area contributed by atoms with Gasteiger partial charge in [-0.15, -0.1) is 4.91 Å². The number of carbonyl (C=O) groups is 1. The smallest absolute Gasteiger partial charge is 0.315 e. The minimum absolute atomic E-state index is 0.0833. The summed E-state index contributed by atoms with van der Waals surface area (Å²) in [7, 11) is 0. The van der Waals surface area contributed by atoms with Crippen LogP contribution >= 0.6 is 11.6 Å². The highest BCUT2D eigenvalue weighted by atomic mass is 35.5. The molecule has 0 aliphatic carbocycles. The lowest BCUT2D eigenvalue weighted by Crippen LogP contribution is -2.11. The van der Waals surface area contributed by atoms with Crippen molar-refractivity contribution < 1.29 is 4.79 Å². The van der Waals surface area contributed by atoms with Crippen LogP contribution in [0.3, 0.4) is 0 Å². The van der Waals surface area contributed by atoms with E-state index >= 15 is 0 Å². The van der Waals surface area contributed by atoms with Crippen molar-refractivity contribution >= 4 is 17.5 Å². The summed E-state index contributed by atoms with van der Waals surface area (Å²) in [5.74, 6) is -0.513. The molecule has 0 spiro atoms. The highest BCUT2D eigenvalue weighted by molar-refractivity contribution is 6.31. The number of imidazole rings is 1. The summed E-state index contributed by atoms with van der Waals surface area (Å²) in [6.07, 6.45) is 2.97. The van der Waals surface area contributed by atoms with Crippen LogP contribution < -0.4 is 0 Å². The van der Waals surface area contributed by atoms with Gasteiger partial charge in [-0.1, -0.05) is 29.3 Å².